The molecule has 0 aromatic heterocycles. The summed E-state index contributed by atoms with van der Waals surface area (Å²) in [6.07, 6.45) is 6.84. The van der Waals surface area contributed by atoms with Gasteiger partial charge in [-0.2, -0.15) is 0 Å². The van der Waals surface area contributed by atoms with Crippen molar-refractivity contribution in [3.8, 4) is 0 Å². The number of ketones is 1. The van der Waals surface area contributed by atoms with Gasteiger partial charge in [0.1, 0.15) is 0 Å². The number of allylic oxidation sites excluding steroid dienone is 1. The maximum atomic E-state index is 12.0. The molecule has 0 atom stereocenters. The van der Waals surface area contributed by atoms with E-state index in [1.807, 2.05) is 0 Å². The highest BCUT2D eigenvalue weighted by molar-refractivity contribution is 5.98. The first kappa shape index (κ1) is 9.25. The maximum absolute atomic E-state index is 12.0. The molecule has 82 valence electrons. The van der Waals surface area contributed by atoms with Gasteiger partial charge in [0.25, 0.3) is 0 Å². The van der Waals surface area contributed by atoms with Crippen LogP contribution in [0.4, 0.5) is 0 Å². The summed E-state index contributed by atoms with van der Waals surface area (Å²) in [5, 5.41) is 0. The molecule has 0 aromatic rings. The fourth-order valence-corrected chi connectivity index (χ4v) is 2.94. The monoisotopic (exact) mass is 206 g/mol. The Hall–Kier alpha value is -0.990. The molecule has 0 saturated carbocycles. The highest BCUT2D eigenvalue weighted by Crippen LogP contribution is 2.31. The van der Waals surface area contributed by atoms with E-state index >= 15 is 0 Å². The molecule has 4 saturated heterocycles. The second-order valence-electron chi connectivity index (χ2n) is 4.88. The van der Waals surface area contributed by atoms with Gasteiger partial charge in [-0.3, -0.25) is 4.79 Å². The summed E-state index contributed by atoms with van der Waals surface area (Å²) in [6, 6.07) is 0. The molecule has 2 bridgehead atoms. The van der Waals surface area contributed by atoms with E-state index in [-0.39, 0.29) is 0 Å². The molecule has 4 heterocycles. The van der Waals surface area contributed by atoms with E-state index in [1.165, 1.54) is 12.8 Å². The van der Waals surface area contributed by atoms with Crippen LogP contribution in [-0.2, 0) is 4.79 Å². The lowest BCUT2D eigenvalue weighted by Gasteiger charge is -2.41. The first-order valence-corrected chi connectivity index (χ1v) is 6.09. The summed E-state index contributed by atoms with van der Waals surface area (Å²) in [6.45, 7) is 4.46. The van der Waals surface area contributed by atoms with Gasteiger partial charge in [0, 0.05) is 38.3 Å². The first-order valence-electron chi connectivity index (χ1n) is 6.09. The Kier molecular flexibility index (Phi) is 2.19. The van der Waals surface area contributed by atoms with Gasteiger partial charge in [0.2, 0.25) is 0 Å². The van der Waals surface area contributed by atoms with Gasteiger partial charge in [0.15, 0.2) is 5.78 Å². The van der Waals surface area contributed by atoms with Crippen molar-refractivity contribution in [2.24, 2.45) is 5.92 Å². The minimum absolute atomic E-state index is 0.337. The molecule has 3 nitrogen and oxygen atoms in total. The van der Waals surface area contributed by atoms with E-state index in [1.54, 1.807) is 0 Å². The Labute approximate surface area is 90.7 Å². The number of likely N-dealkylation sites (tertiary alicyclic amines) is 1. The van der Waals surface area contributed by atoms with Gasteiger partial charge in [-0.15, -0.1) is 0 Å². The summed E-state index contributed by atoms with van der Waals surface area (Å²) in [5.74, 6) is 0.739. The fraction of sp³-hybridized carbons (Fsp3) is 0.750. The van der Waals surface area contributed by atoms with Crippen molar-refractivity contribution in [2.75, 3.05) is 26.2 Å². The first-order chi connectivity index (χ1) is 7.34. The Morgan fingerprint density at radius 1 is 1.07 bits per heavy atom. The Morgan fingerprint density at radius 2 is 1.73 bits per heavy atom. The minimum atomic E-state index is 0.337. The largest absolute Gasteiger partial charge is 0.376 e. The highest BCUT2D eigenvalue weighted by atomic mass is 16.1. The average molecular weight is 206 g/mol. The van der Waals surface area contributed by atoms with Crippen LogP contribution in [0.15, 0.2) is 11.9 Å². The number of nitrogens with zero attached hydrogens (tertiary/aromatic N) is 2. The number of hydrogen-bond donors (Lipinski definition) is 0. The molecule has 0 radical (unpaired) electrons. The van der Waals surface area contributed by atoms with Gasteiger partial charge in [-0.25, -0.2) is 0 Å². The fourth-order valence-electron chi connectivity index (χ4n) is 2.94. The van der Waals surface area contributed by atoms with Gasteiger partial charge >= 0.3 is 0 Å². The molecular weight excluding hydrogens is 188 g/mol. The predicted octanol–water partition coefficient (Wildman–Crippen LogP) is 1.22. The summed E-state index contributed by atoms with van der Waals surface area (Å²) < 4.78 is 0. The summed E-state index contributed by atoms with van der Waals surface area (Å²) in [4.78, 5) is 16.6. The zero-order valence-corrected chi connectivity index (χ0v) is 9.11. The van der Waals surface area contributed by atoms with E-state index in [9.17, 15) is 4.79 Å². The number of carbonyl (C=O) groups is 1. The zero-order chi connectivity index (χ0) is 10.3. The second-order valence-corrected chi connectivity index (χ2v) is 4.88. The van der Waals surface area contributed by atoms with Crippen molar-refractivity contribution in [2.45, 2.75) is 25.7 Å². The standard InChI is InChI=1S/C12H18N2O/c15-12-10-3-7-14(8-4-10)11(12)9-13-5-1-2-6-13/h9-10H,1-8H2/b11-9-. The molecule has 0 amide bonds. The number of hydrogen-bond acceptors (Lipinski definition) is 3. The SMILES string of the molecule is O=C1/C(=C/N2CCCC2)N2CCC1CC2. The Morgan fingerprint density at radius 3 is 2.33 bits per heavy atom. The minimum Gasteiger partial charge on any atom is -0.376 e. The molecule has 0 aromatic carbocycles. The summed E-state index contributed by atoms with van der Waals surface area (Å²) in [5.41, 5.74) is 0.999. The van der Waals surface area contributed by atoms with Gasteiger partial charge in [0.05, 0.1) is 5.70 Å². The van der Waals surface area contributed by atoms with Crippen LogP contribution in [0.2, 0.25) is 0 Å². The number of rotatable bonds is 1. The third kappa shape index (κ3) is 1.54. The van der Waals surface area contributed by atoms with Crippen LogP contribution in [0.25, 0.3) is 0 Å². The van der Waals surface area contributed by atoms with Crippen LogP contribution >= 0.6 is 0 Å². The van der Waals surface area contributed by atoms with Crippen molar-refractivity contribution in [1.29, 1.82) is 0 Å². The molecule has 4 aliphatic heterocycles. The van der Waals surface area contributed by atoms with E-state index in [0.717, 1.165) is 44.7 Å². The molecule has 0 unspecified atom stereocenters. The topological polar surface area (TPSA) is 23.6 Å². The van der Waals surface area contributed by atoms with Crippen LogP contribution < -0.4 is 0 Å². The van der Waals surface area contributed by atoms with Crippen LogP contribution in [0.5, 0.6) is 0 Å². The van der Waals surface area contributed by atoms with Gasteiger partial charge in [-0.05, 0) is 25.7 Å². The second kappa shape index (κ2) is 3.54. The van der Waals surface area contributed by atoms with Crippen molar-refractivity contribution in [1.82, 2.24) is 9.80 Å². The van der Waals surface area contributed by atoms with E-state index < -0.39 is 0 Å². The van der Waals surface area contributed by atoms with E-state index in [4.69, 9.17) is 0 Å². The van der Waals surface area contributed by atoms with E-state index in [2.05, 4.69) is 16.0 Å². The molecule has 15 heavy (non-hydrogen) atoms. The van der Waals surface area contributed by atoms with Gasteiger partial charge in [-0.1, -0.05) is 0 Å². The molecular formula is C12H18N2O. The smallest absolute Gasteiger partial charge is 0.183 e. The lowest BCUT2D eigenvalue weighted by atomic mass is 9.85. The van der Waals surface area contributed by atoms with Crippen molar-refractivity contribution < 1.29 is 4.79 Å². The van der Waals surface area contributed by atoms with Crippen LogP contribution in [0, 0.1) is 5.92 Å². The normalized spacial score (nSPS) is 29.6. The molecule has 4 rings (SSSR count). The summed E-state index contributed by atoms with van der Waals surface area (Å²) >= 11 is 0. The molecule has 0 N–H and O–H groups in total. The molecule has 4 aliphatic rings. The Balaban J connectivity index is 1.81. The molecule has 4 fully saturated rings. The number of carbonyl (C=O) groups excluding carboxylic acids is 1. The van der Waals surface area contributed by atoms with Crippen molar-refractivity contribution in [3.63, 3.8) is 0 Å². The van der Waals surface area contributed by atoms with Crippen LogP contribution in [-0.4, -0.2) is 41.8 Å². The number of piperidine rings is 3. The lowest BCUT2D eigenvalue weighted by Crippen LogP contribution is -2.46. The van der Waals surface area contributed by atoms with Crippen molar-refractivity contribution in [3.05, 3.63) is 11.9 Å². The third-order valence-electron chi connectivity index (χ3n) is 3.90. The van der Waals surface area contributed by atoms with Crippen LogP contribution in [0.1, 0.15) is 25.7 Å². The zero-order valence-electron chi connectivity index (χ0n) is 9.11. The molecule has 0 spiro atoms. The van der Waals surface area contributed by atoms with Crippen LogP contribution in [0.3, 0.4) is 0 Å². The maximum Gasteiger partial charge on any atom is 0.183 e. The third-order valence-corrected chi connectivity index (χ3v) is 3.90. The van der Waals surface area contributed by atoms with Gasteiger partial charge < -0.3 is 9.80 Å². The number of Topliss-reactive ketones (excluding diaryl/α,β-unsaturated/α-hetero) is 1. The predicted molar refractivity (Wildman–Crippen MR) is 58.2 cm³/mol. The Bertz CT molecular complexity index is 297. The number of fused-ring (bicyclic) bond motifs is 3. The quantitative estimate of drug-likeness (QED) is 0.603. The average Bonchev–Trinajstić information content (AvgIpc) is 2.77. The van der Waals surface area contributed by atoms with Crippen molar-refractivity contribution >= 4 is 5.78 Å². The molecule has 3 heteroatoms. The highest BCUT2D eigenvalue weighted by Gasteiger charge is 2.36. The molecule has 0 aliphatic carbocycles. The van der Waals surface area contributed by atoms with E-state index in [0.29, 0.717) is 11.7 Å². The summed E-state index contributed by atoms with van der Waals surface area (Å²) in [7, 11) is 0. The lowest BCUT2D eigenvalue weighted by molar-refractivity contribution is -0.125.